The van der Waals surface area contributed by atoms with Crippen LogP contribution in [0.4, 0.5) is 11.4 Å². The number of para-hydroxylation sites is 1. The van der Waals surface area contributed by atoms with Crippen LogP contribution in [0.25, 0.3) is 0 Å². The van der Waals surface area contributed by atoms with Crippen LogP contribution >= 0.6 is 0 Å². The Morgan fingerprint density at radius 3 is 2.71 bits per heavy atom. The molecule has 108 valence electrons. The molecule has 0 fully saturated rings. The predicted molar refractivity (Wildman–Crippen MR) is 84.0 cm³/mol. The minimum atomic E-state index is -0.894. The summed E-state index contributed by atoms with van der Waals surface area (Å²) in [7, 11) is 0. The van der Waals surface area contributed by atoms with Crippen molar-refractivity contribution in [2.45, 2.75) is 6.42 Å². The first-order chi connectivity index (χ1) is 10.2. The molecule has 2 aromatic rings. The van der Waals surface area contributed by atoms with Crippen LogP contribution in [0.1, 0.15) is 15.9 Å². The topological polar surface area (TPSA) is 61.4 Å². The standard InChI is InChI=1S/C17H18N2O2/c20-17(21)13-5-7-15(8-6-13)18-10-12-9-14-3-1-2-4-16(14)19-11-12/h1-8,12,18-19H,9-11H2,(H,20,21). The zero-order chi connectivity index (χ0) is 14.7. The van der Waals surface area contributed by atoms with E-state index in [1.165, 1.54) is 11.3 Å². The van der Waals surface area contributed by atoms with Gasteiger partial charge in [-0.2, -0.15) is 0 Å². The lowest BCUT2D eigenvalue weighted by molar-refractivity contribution is 0.0697. The van der Waals surface area contributed by atoms with E-state index in [2.05, 4.69) is 34.9 Å². The highest BCUT2D eigenvalue weighted by molar-refractivity contribution is 5.87. The van der Waals surface area contributed by atoms with E-state index in [1.54, 1.807) is 12.1 Å². The SMILES string of the molecule is O=C(O)c1ccc(NCC2CNc3ccccc3C2)cc1. The molecule has 1 aliphatic heterocycles. The molecule has 0 radical (unpaired) electrons. The Kier molecular flexibility index (Phi) is 3.77. The number of fused-ring (bicyclic) bond motifs is 1. The molecule has 0 saturated heterocycles. The summed E-state index contributed by atoms with van der Waals surface area (Å²) in [6.45, 7) is 1.82. The van der Waals surface area contributed by atoms with E-state index in [4.69, 9.17) is 5.11 Å². The summed E-state index contributed by atoms with van der Waals surface area (Å²) in [5.41, 5.74) is 3.86. The first kappa shape index (κ1) is 13.5. The highest BCUT2D eigenvalue weighted by Gasteiger charge is 2.17. The fourth-order valence-electron chi connectivity index (χ4n) is 2.65. The van der Waals surface area contributed by atoms with Crippen molar-refractivity contribution in [3.8, 4) is 0 Å². The average molecular weight is 282 g/mol. The highest BCUT2D eigenvalue weighted by atomic mass is 16.4. The second-order valence-corrected chi connectivity index (χ2v) is 5.37. The van der Waals surface area contributed by atoms with Gasteiger partial charge in [-0.1, -0.05) is 18.2 Å². The minimum absolute atomic E-state index is 0.314. The van der Waals surface area contributed by atoms with Crippen LogP contribution in [-0.2, 0) is 6.42 Å². The van der Waals surface area contributed by atoms with Gasteiger partial charge in [-0.15, -0.1) is 0 Å². The maximum Gasteiger partial charge on any atom is 0.335 e. The molecular weight excluding hydrogens is 264 g/mol. The third-order valence-corrected chi connectivity index (χ3v) is 3.83. The smallest absolute Gasteiger partial charge is 0.335 e. The second kappa shape index (κ2) is 5.87. The van der Waals surface area contributed by atoms with Crippen LogP contribution in [0.3, 0.4) is 0 Å². The second-order valence-electron chi connectivity index (χ2n) is 5.37. The Balaban J connectivity index is 1.57. The molecule has 1 aliphatic rings. The molecule has 4 nitrogen and oxygen atoms in total. The fourth-order valence-corrected chi connectivity index (χ4v) is 2.65. The van der Waals surface area contributed by atoms with Gasteiger partial charge >= 0.3 is 5.97 Å². The van der Waals surface area contributed by atoms with E-state index >= 15 is 0 Å². The van der Waals surface area contributed by atoms with Crippen molar-refractivity contribution in [1.82, 2.24) is 0 Å². The molecule has 0 amide bonds. The number of hydrogen-bond donors (Lipinski definition) is 3. The van der Waals surface area contributed by atoms with Crippen molar-refractivity contribution in [3.05, 3.63) is 59.7 Å². The number of hydrogen-bond acceptors (Lipinski definition) is 3. The van der Waals surface area contributed by atoms with Crippen LogP contribution in [0, 0.1) is 5.92 Å². The molecule has 1 atom stereocenters. The van der Waals surface area contributed by atoms with Gasteiger partial charge in [0.25, 0.3) is 0 Å². The maximum atomic E-state index is 10.8. The van der Waals surface area contributed by atoms with Gasteiger partial charge in [-0.25, -0.2) is 4.79 Å². The lowest BCUT2D eigenvalue weighted by atomic mass is 9.94. The van der Waals surface area contributed by atoms with Gasteiger partial charge in [-0.05, 0) is 48.2 Å². The maximum absolute atomic E-state index is 10.8. The fraction of sp³-hybridized carbons (Fsp3) is 0.235. The Morgan fingerprint density at radius 2 is 1.95 bits per heavy atom. The van der Waals surface area contributed by atoms with Crippen LogP contribution in [0.5, 0.6) is 0 Å². The predicted octanol–water partition coefficient (Wildman–Crippen LogP) is 3.08. The highest BCUT2D eigenvalue weighted by Crippen LogP contribution is 2.24. The normalized spacial score (nSPS) is 16.7. The number of aromatic carboxylic acids is 1. The van der Waals surface area contributed by atoms with Gasteiger partial charge < -0.3 is 15.7 Å². The molecule has 0 spiro atoms. The molecule has 3 N–H and O–H groups in total. The van der Waals surface area contributed by atoms with E-state index in [0.717, 1.165) is 25.2 Å². The molecule has 3 rings (SSSR count). The molecule has 2 aromatic carbocycles. The van der Waals surface area contributed by atoms with Crippen molar-refractivity contribution < 1.29 is 9.90 Å². The molecule has 21 heavy (non-hydrogen) atoms. The lowest BCUT2D eigenvalue weighted by Gasteiger charge is -2.26. The number of rotatable bonds is 4. The van der Waals surface area contributed by atoms with Crippen LogP contribution in [0.15, 0.2) is 48.5 Å². The van der Waals surface area contributed by atoms with Crippen LogP contribution in [0.2, 0.25) is 0 Å². The molecule has 0 aromatic heterocycles. The molecular formula is C17H18N2O2. The summed E-state index contributed by atoms with van der Waals surface area (Å²) in [5.74, 6) is -0.367. The molecule has 1 unspecified atom stereocenters. The van der Waals surface area contributed by atoms with Crippen LogP contribution < -0.4 is 10.6 Å². The summed E-state index contributed by atoms with van der Waals surface area (Å²) in [5, 5.41) is 15.7. The summed E-state index contributed by atoms with van der Waals surface area (Å²) >= 11 is 0. The summed E-state index contributed by atoms with van der Waals surface area (Å²) in [6, 6.07) is 15.3. The average Bonchev–Trinajstić information content (AvgIpc) is 2.53. The number of carboxylic acid groups (broad SMARTS) is 1. The molecule has 0 bridgehead atoms. The van der Waals surface area contributed by atoms with E-state index in [-0.39, 0.29) is 0 Å². The first-order valence-electron chi connectivity index (χ1n) is 7.11. The van der Waals surface area contributed by atoms with Crippen molar-refractivity contribution >= 4 is 17.3 Å². The molecule has 0 aliphatic carbocycles. The quantitative estimate of drug-likeness (QED) is 0.806. The Morgan fingerprint density at radius 1 is 1.19 bits per heavy atom. The Bertz CT molecular complexity index is 637. The van der Waals surface area contributed by atoms with Gasteiger partial charge in [0.05, 0.1) is 5.56 Å². The Labute approximate surface area is 123 Å². The van der Waals surface area contributed by atoms with E-state index in [1.807, 2.05) is 12.1 Å². The minimum Gasteiger partial charge on any atom is -0.478 e. The number of carbonyl (C=O) groups is 1. The first-order valence-corrected chi connectivity index (χ1v) is 7.11. The van der Waals surface area contributed by atoms with Gasteiger partial charge in [-0.3, -0.25) is 0 Å². The third kappa shape index (κ3) is 3.16. The molecule has 4 heteroatoms. The molecule has 0 saturated carbocycles. The number of benzene rings is 2. The van der Waals surface area contributed by atoms with Crippen molar-refractivity contribution in [2.75, 3.05) is 23.7 Å². The zero-order valence-corrected chi connectivity index (χ0v) is 11.7. The zero-order valence-electron chi connectivity index (χ0n) is 11.7. The van der Waals surface area contributed by atoms with E-state index in [0.29, 0.717) is 11.5 Å². The van der Waals surface area contributed by atoms with Crippen molar-refractivity contribution in [2.24, 2.45) is 5.92 Å². The number of nitrogens with one attached hydrogen (secondary N) is 2. The van der Waals surface area contributed by atoms with Gasteiger partial charge in [0.15, 0.2) is 0 Å². The lowest BCUT2D eigenvalue weighted by Crippen LogP contribution is -2.28. The number of carboxylic acids is 1. The third-order valence-electron chi connectivity index (χ3n) is 3.83. The van der Waals surface area contributed by atoms with Crippen molar-refractivity contribution in [1.29, 1.82) is 0 Å². The van der Waals surface area contributed by atoms with E-state index in [9.17, 15) is 4.79 Å². The monoisotopic (exact) mass is 282 g/mol. The van der Waals surface area contributed by atoms with Gasteiger partial charge in [0.2, 0.25) is 0 Å². The van der Waals surface area contributed by atoms with Crippen LogP contribution in [-0.4, -0.2) is 24.2 Å². The summed E-state index contributed by atoms with van der Waals surface area (Å²) in [6.07, 6.45) is 1.06. The number of anilines is 2. The van der Waals surface area contributed by atoms with E-state index < -0.39 is 5.97 Å². The largest absolute Gasteiger partial charge is 0.478 e. The van der Waals surface area contributed by atoms with Crippen molar-refractivity contribution in [3.63, 3.8) is 0 Å². The Hall–Kier alpha value is -2.49. The summed E-state index contributed by atoms with van der Waals surface area (Å²) < 4.78 is 0. The van der Waals surface area contributed by atoms with Gasteiger partial charge in [0, 0.05) is 24.5 Å². The summed E-state index contributed by atoms with van der Waals surface area (Å²) in [4.78, 5) is 10.8. The van der Waals surface area contributed by atoms with Gasteiger partial charge in [0.1, 0.15) is 0 Å². The molecule has 1 heterocycles.